The molecular formula is C31H36O4. The number of hydrogen-bond donors (Lipinski definition) is 0. The van der Waals surface area contributed by atoms with Crippen molar-refractivity contribution in [3.8, 4) is 0 Å². The highest BCUT2D eigenvalue weighted by Gasteiger charge is 2.36. The SMILES string of the molecule is CCCCC1=C[C@@H](OCc2ccccc2)[C@H](OCc2ccccc2)[C@@H](COCc2ccccc2)O1. The first-order valence-electron chi connectivity index (χ1n) is 12.6. The summed E-state index contributed by atoms with van der Waals surface area (Å²) in [6, 6.07) is 30.7. The molecule has 4 nitrogen and oxygen atoms in total. The van der Waals surface area contributed by atoms with Crippen LogP contribution >= 0.6 is 0 Å². The summed E-state index contributed by atoms with van der Waals surface area (Å²) in [6.45, 7) is 4.18. The minimum atomic E-state index is -0.278. The maximum absolute atomic E-state index is 6.46. The monoisotopic (exact) mass is 472 g/mol. The third-order valence-electron chi connectivity index (χ3n) is 6.08. The smallest absolute Gasteiger partial charge is 0.150 e. The molecule has 3 aromatic rings. The summed E-state index contributed by atoms with van der Waals surface area (Å²) < 4.78 is 25.5. The van der Waals surface area contributed by atoms with Gasteiger partial charge in [0, 0.05) is 6.42 Å². The maximum Gasteiger partial charge on any atom is 0.150 e. The van der Waals surface area contributed by atoms with E-state index in [1.54, 1.807) is 0 Å². The third kappa shape index (κ3) is 8.07. The first-order valence-corrected chi connectivity index (χ1v) is 12.6. The Morgan fingerprint density at radius 2 is 1.23 bits per heavy atom. The standard InChI is InChI=1S/C31H36O4/c1-2-3-19-28-20-29(33-22-26-15-9-5-10-16-26)31(34-23-27-17-11-6-12-18-27)30(35-28)24-32-21-25-13-7-4-8-14-25/h4-18,20,29-31H,2-3,19,21-24H2,1H3/t29-,30-,31+/m1/s1. The van der Waals surface area contributed by atoms with Crippen molar-refractivity contribution in [1.82, 2.24) is 0 Å². The van der Waals surface area contributed by atoms with Gasteiger partial charge < -0.3 is 18.9 Å². The van der Waals surface area contributed by atoms with Crippen LogP contribution in [0, 0.1) is 0 Å². The van der Waals surface area contributed by atoms with Crippen LogP contribution in [0.2, 0.25) is 0 Å². The first-order chi connectivity index (χ1) is 17.3. The number of allylic oxidation sites excluding steroid dienone is 1. The molecule has 0 bridgehead atoms. The Morgan fingerprint density at radius 3 is 1.80 bits per heavy atom. The van der Waals surface area contributed by atoms with E-state index in [0.29, 0.717) is 26.4 Å². The van der Waals surface area contributed by atoms with Crippen LogP contribution < -0.4 is 0 Å². The molecule has 0 saturated carbocycles. The lowest BCUT2D eigenvalue weighted by molar-refractivity contribution is -0.154. The topological polar surface area (TPSA) is 36.9 Å². The second kappa shape index (κ2) is 13.8. The van der Waals surface area contributed by atoms with E-state index < -0.39 is 0 Å². The van der Waals surface area contributed by atoms with Gasteiger partial charge in [-0.15, -0.1) is 0 Å². The van der Waals surface area contributed by atoms with E-state index in [1.165, 1.54) is 0 Å². The minimum Gasteiger partial charge on any atom is -0.490 e. The highest BCUT2D eigenvalue weighted by Crippen LogP contribution is 2.28. The van der Waals surface area contributed by atoms with Gasteiger partial charge in [-0.05, 0) is 29.2 Å². The molecule has 1 aliphatic rings. The second-order valence-electron chi connectivity index (χ2n) is 8.92. The van der Waals surface area contributed by atoms with Crippen molar-refractivity contribution in [3.05, 3.63) is 120 Å². The number of benzene rings is 3. The Kier molecular flexibility index (Phi) is 9.96. The molecule has 0 fully saturated rings. The quantitative estimate of drug-likeness (QED) is 0.273. The summed E-state index contributed by atoms with van der Waals surface area (Å²) in [4.78, 5) is 0. The minimum absolute atomic E-state index is 0.218. The van der Waals surface area contributed by atoms with Gasteiger partial charge >= 0.3 is 0 Å². The summed E-state index contributed by atoms with van der Waals surface area (Å²) in [5.74, 6) is 0.970. The van der Waals surface area contributed by atoms with Crippen LogP contribution in [0.25, 0.3) is 0 Å². The maximum atomic E-state index is 6.46. The summed E-state index contributed by atoms with van der Waals surface area (Å²) >= 11 is 0. The molecule has 35 heavy (non-hydrogen) atoms. The number of unbranched alkanes of at least 4 members (excludes halogenated alkanes) is 1. The van der Waals surface area contributed by atoms with E-state index in [2.05, 4.69) is 49.4 Å². The zero-order chi connectivity index (χ0) is 24.1. The average Bonchev–Trinajstić information content (AvgIpc) is 2.92. The Morgan fingerprint density at radius 1 is 0.686 bits per heavy atom. The fraction of sp³-hybridized carbons (Fsp3) is 0.355. The van der Waals surface area contributed by atoms with E-state index >= 15 is 0 Å². The summed E-state index contributed by atoms with van der Waals surface area (Å²) in [5, 5.41) is 0. The molecule has 0 saturated heterocycles. The van der Waals surface area contributed by atoms with Crippen molar-refractivity contribution in [2.45, 2.75) is 64.3 Å². The third-order valence-corrected chi connectivity index (χ3v) is 6.08. The highest BCUT2D eigenvalue weighted by atomic mass is 16.6. The molecule has 1 heterocycles. The molecule has 0 spiro atoms. The van der Waals surface area contributed by atoms with Gasteiger partial charge in [-0.2, -0.15) is 0 Å². The van der Waals surface area contributed by atoms with E-state index in [-0.39, 0.29) is 18.3 Å². The lowest BCUT2D eigenvalue weighted by atomic mass is 10.0. The molecule has 0 radical (unpaired) electrons. The molecule has 3 atom stereocenters. The van der Waals surface area contributed by atoms with Crippen LogP contribution in [0.5, 0.6) is 0 Å². The molecule has 0 N–H and O–H groups in total. The van der Waals surface area contributed by atoms with E-state index in [1.807, 2.05) is 54.6 Å². The van der Waals surface area contributed by atoms with Crippen LogP contribution in [-0.4, -0.2) is 24.9 Å². The fourth-order valence-electron chi connectivity index (χ4n) is 4.16. The lowest BCUT2D eigenvalue weighted by Gasteiger charge is -2.37. The molecule has 1 aliphatic heterocycles. The summed E-state index contributed by atoms with van der Waals surface area (Å²) in [5.41, 5.74) is 3.41. The van der Waals surface area contributed by atoms with Crippen LogP contribution in [0.4, 0.5) is 0 Å². The number of ether oxygens (including phenoxy) is 4. The molecule has 4 heteroatoms. The van der Waals surface area contributed by atoms with Crippen molar-refractivity contribution in [2.75, 3.05) is 6.61 Å². The zero-order valence-corrected chi connectivity index (χ0v) is 20.6. The van der Waals surface area contributed by atoms with Gasteiger partial charge in [0.05, 0.1) is 32.2 Å². The van der Waals surface area contributed by atoms with Gasteiger partial charge in [0.25, 0.3) is 0 Å². The first kappa shape index (κ1) is 25.2. The summed E-state index contributed by atoms with van der Waals surface area (Å²) in [6.07, 6.45) is 4.44. The van der Waals surface area contributed by atoms with Crippen molar-refractivity contribution in [1.29, 1.82) is 0 Å². The molecule has 0 aliphatic carbocycles. The Balaban J connectivity index is 1.49. The predicted octanol–water partition coefficient (Wildman–Crippen LogP) is 6.85. The van der Waals surface area contributed by atoms with Crippen LogP contribution in [-0.2, 0) is 38.8 Å². The molecule has 4 rings (SSSR count). The van der Waals surface area contributed by atoms with Gasteiger partial charge in [0.15, 0.2) is 6.10 Å². The predicted molar refractivity (Wildman–Crippen MR) is 139 cm³/mol. The molecule has 0 amide bonds. The Bertz CT molecular complexity index is 1000. The largest absolute Gasteiger partial charge is 0.490 e. The molecule has 0 aromatic heterocycles. The Hall–Kier alpha value is -2.92. The number of hydrogen-bond acceptors (Lipinski definition) is 4. The van der Waals surface area contributed by atoms with Crippen molar-refractivity contribution < 1.29 is 18.9 Å². The van der Waals surface area contributed by atoms with E-state index in [4.69, 9.17) is 18.9 Å². The number of rotatable bonds is 13. The highest BCUT2D eigenvalue weighted by molar-refractivity contribution is 5.16. The average molecular weight is 473 g/mol. The van der Waals surface area contributed by atoms with Gasteiger partial charge in [0.2, 0.25) is 0 Å². The van der Waals surface area contributed by atoms with Crippen LogP contribution in [0.15, 0.2) is 103 Å². The van der Waals surface area contributed by atoms with Gasteiger partial charge in [-0.1, -0.05) is 104 Å². The van der Waals surface area contributed by atoms with Crippen LogP contribution in [0.3, 0.4) is 0 Å². The van der Waals surface area contributed by atoms with E-state index in [9.17, 15) is 0 Å². The van der Waals surface area contributed by atoms with Crippen molar-refractivity contribution >= 4 is 0 Å². The lowest BCUT2D eigenvalue weighted by Crippen LogP contribution is -2.47. The molecule has 0 unspecified atom stereocenters. The van der Waals surface area contributed by atoms with Crippen molar-refractivity contribution in [3.63, 3.8) is 0 Å². The molecule has 184 valence electrons. The second-order valence-corrected chi connectivity index (χ2v) is 8.92. The van der Waals surface area contributed by atoms with Gasteiger partial charge in [-0.3, -0.25) is 0 Å². The van der Waals surface area contributed by atoms with Gasteiger partial charge in [0.1, 0.15) is 12.2 Å². The zero-order valence-electron chi connectivity index (χ0n) is 20.6. The molecular weight excluding hydrogens is 436 g/mol. The normalized spacial score (nSPS) is 19.7. The van der Waals surface area contributed by atoms with Crippen molar-refractivity contribution in [2.24, 2.45) is 0 Å². The molecule has 3 aromatic carbocycles. The summed E-state index contributed by atoms with van der Waals surface area (Å²) in [7, 11) is 0. The van der Waals surface area contributed by atoms with Crippen LogP contribution in [0.1, 0.15) is 42.9 Å². The Labute approximate surface area is 209 Å². The van der Waals surface area contributed by atoms with E-state index in [0.717, 1.165) is 41.7 Å². The fourth-order valence-corrected chi connectivity index (χ4v) is 4.16. The van der Waals surface area contributed by atoms with Gasteiger partial charge in [-0.25, -0.2) is 0 Å².